The van der Waals surface area contributed by atoms with Gasteiger partial charge in [-0.1, -0.05) is 24.3 Å². The minimum absolute atomic E-state index is 0.172. The Morgan fingerprint density at radius 2 is 2.06 bits per heavy atom. The van der Waals surface area contributed by atoms with E-state index in [-0.39, 0.29) is 5.56 Å². The molecule has 1 aromatic carbocycles. The first-order valence-electron chi connectivity index (χ1n) is 5.35. The molecule has 2 aromatic rings. The van der Waals surface area contributed by atoms with Gasteiger partial charge in [0.2, 0.25) is 0 Å². The van der Waals surface area contributed by atoms with Crippen molar-refractivity contribution in [3.05, 3.63) is 58.1 Å². The quantitative estimate of drug-likeness (QED) is 0.726. The van der Waals surface area contributed by atoms with E-state index in [1.165, 1.54) is 12.4 Å². The van der Waals surface area contributed by atoms with E-state index in [1.807, 2.05) is 24.3 Å². The molecule has 0 unspecified atom stereocenters. The van der Waals surface area contributed by atoms with Crippen LogP contribution < -0.4 is 16.6 Å². The maximum absolute atomic E-state index is 11.1. The van der Waals surface area contributed by atoms with E-state index >= 15 is 0 Å². The van der Waals surface area contributed by atoms with E-state index in [0.717, 1.165) is 11.1 Å². The monoisotopic (exact) mass is 230 g/mol. The number of nitrogens with two attached hydrogens (primary N) is 1. The zero-order chi connectivity index (χ0) is 12.1. The third-order valence-corrected chi connectivity index (χ3v) is 2.48. The molecule has 0 saturated carbocycles. The van der Waals surface area contributed by atoms with Gasteiger partial charge in [0.25, 0.3) is 5.56 Å². The van der Waals surface area contributed by atoms with Crippen molar-refractivity contribution in [2.24, 2.45) is 5.73 Å². The van der Waals surface area contributed by atoms with Gasteiger partial charge in [0.05, 0.1) is 6.33 Å². The molecule has 0 aliphatic carbocycles. The molecular weight excluding hydrogens is 216 g/mol. The molecule has 2 rings (SSSR count). The van der Waals surface area contributed by atoms with Crippen LogP contribution in [0.2, 0.25) is 0 Å². The first kappa shape index (κ1) is 11.3. The van der Waals surface area contributed by atoms with E-state index in [1.54, 1.807) is 0 Å². The van der Waals surface area contributed by atoms with Gasteiger partial charge in [-0.3, -0.25) is 4.79 Å². The molecule has 5 heteroatoms. The number of benzene rings is 1. The number of nitrogens with zero attached hydrogens (tertiary/aromatic N) is 1. The minimum atomic E-state index is -0.172. The fourth-order valence-electron chi connectivity index (χ4n) is 1.58. The number of aromatic amines is 1. The van der Waals surface area contributed by atoms with Crippen LogP contribution in [-0.4, -0.2) is 9.97 Å². The van der Waals surface area contributed by atoms with E-state index in [0.29, 0.717) is 18.9 Å². The molecule has 0 saturated heterocycles. The highest BCUT2D eigenvalue weighted by Gasteiger charge is 2.00. The second kappa shape index (κ2) is 5.27. The Kier molecular flexibility index (Phi) is 3.52. The first-order chi connectivity index (χ1) is 8.29. The van der Waals surface area contributed by atoms with Crippen molar-refractivity contribution in [1.82, 2.24) is 9.97 Å². The van der Waals surface area contributed by atoms with Crippen LogP contribution in [0.3, 0.4) is 0 Å². The molecular formula is C12H14N4O. The smallest absolute Gasteiger partial charge is 0.252 e. The molecule has 5 nitrogen and oxygen atoms in total. The predicted octanol–water partition coefficient (Wildman–Crippen LogP) is 0.841. The largest absolute Gasteiger partial charge is 0.366 e. The van der Waals surface area contributed by atoms with Gasteiger partial charge in [-0.2, -0.15) is 0 Å². The van der Waals surface area contributed by atoms with E-state index in [4.69, 9.17) is 5.73 Å². The molecule has 0 aliphatic rings. The Labute approximate surface area is 98.7 Å². The van der Waals surface area contributed by atoms with Crippen molar-refractivity contribution in [2.45, 2.75) is 13.1 Å². The van der Waals surface area contributed by atoms with E-state index < -0.39 is 0 Å². The Balaban J connectivity index is 2.09. The summed E-state index contributed by atoms with van der Waals surface area (Å²) in [6.45, 7) is 1.10. The Morgan fingerprint density at radius 3 is 2.76 bits per heavy atom. The summed E-state index contributed by atoms with van der Waals surface area (Å²) >= 11 is 0. The average molecular weight is 230 g/mol. The molecule has 0 atom stereocenters. The highest BCUT2D eigenvalue weighted by atomic mass is 16.1. The van der Waals surface area contributed by atoms with Crippen LogP contribution in [0.25, 0.3) is 0 Å². The van der Waals surface area contributed by atoms with Crippen LogP contribution in [0, 0.1) is 0 Å². The highest BCUT2D eigenvalue weighted by Crippen LogP contribution is 2.09. The fraction of sp³-hybridized carbons (Fsp3) is 0.167. The lowest BCUT2D eigenvalue weighted by molar-refractivity contribution is 0.995. The second-order valence-electron chi connectivity index (χ2n) is 3.62. The molecule has 0 bridgehead atoms. The molecule has 0 fully saturated rings. The molecule has 1 heterocycles. The Hall–Kier alpha value is -2.14. The third kappa shape index (κ3) is 2.92. The van der Waals surface area contributed by atoms with Crippen molar-refractivity contribution >= 4 is 5.82 Å². The molecule has 0 spiro atoms. The summed E-state index contributed by atoms with van der Waals surface area (Å²) in [7, 11) is 0. The Morgan fingerprint density at radius 1 is 1.29 bits per heavy atom. The van der Waals surface area contributed by atoms with Crippen LogP contribution in [0.1, 0.15) is 11.1 Å². The van der Waals surface area contributed by atoms with Gasteiger partial charge in [0.15, 0.2) is 0 Å². The van der Waals surface area contributed by atoms with Gasteiger partial charge in [-0.15, -0.1) is 0 Å². The van der Waals surface area contributed by atoms with Crippen molar-refractivity contribution in [3.8, 4) is 0 Å². The zero-order valence-electron chi connectivity index (χ0n) is 9.31. The molecule has 0 radical (unpaired) electrons. The summed E-state index contributed by atoms with van der Waals surface area (Å²) in [5.74, 6) is 0.556. The number of rotatable bonds is 4. The molecule has 88 valence electrons. The molecule has 1 aromatic heterocycles. The van der Waals surface area contributed by atoms with Crippen LogP contribution in [0.5, 0.6) is 0 Å². The van der Waals surface area contributed by atoms with E-state index in [9.17, 15) is 4.79 Å². The van der Waals surface area contributed by atoms with Crippen LogP contribution in [0.15, 0.2) is 41.5 Å². The number of aromatic nitrogens is 2. The normalized spacial score (nSPS) is 10.2. The number of anilines is 1. The molecule has 0 amide bonds. The van der Waals surface area contributed by atoms with Crippen molar-refractivity contribution in [1.29, 1.82) is 0 Å². The lowest BCUT2D eigenvalue weighted by Crippen LogP contribution is -2.10. The van der Waals surface area contributed by atoms with Crippen LogP contribution in [-0.2, 0) is 13.1 Å². The summed E-state index contributed by atoms with van der Waals surface area (Å²) in [5, 5.41) is 3.09. The zero-order valence-corrected chi connectivity index (χ0v) is 9.31. The topological polar surface area (TPSA) is 83.8 Å². The molecule has 4 N–H and O–H groups in total. The Bertz CT molecular complexity index is 550. The summed E-state index contributed by atoms with van der Waals surface area (Å²) in [6, 6.07) is 9.33. The number of nitrogens with one attached hydrogen (secondary N) is 2. The average Bonchev–Trinajstić information content (AvgIpc) is 2.37. The first-order valence-corrected chi connectivity index (χ1v) is 5.35. The number of H-pyrrole nitrogens is 1. The minimum Gasteiger partial charge on any atom is -0.366 e. The van der Waals surface area contributed by atoms with E-state index in [2.05, 4.69) is 15.3 Å². The number of hydrogen-bond donors (Lipinski definition) is 3. The summed E-state index contributed by atoms with van der Waals surface area (Å²) in [5.41, 5.74) is 7.67. The summed E-state index contributed by atoms with van der Waals surface area (Å²) in [6.07, 6.45) is 1.37. The van der Waals surface area contributed by atoms with Crippen molar-refractivity contribution in [2.75, 3.05) is 5.32 Å². The summed E-state index contributed by atoms with van der Waals surface area (Å²) < 4.78 is 0. The maximum atomic E-state index is 11.1. The summed E-state index contributed by atoms with van der Waals surface area (Å²) in [4.78, 5) is 17.5. The van der Waals surface area contributed by atoms with Gasteiger partial charge in [-0.05, 0) is 11.1 Å². The SMILES string of the molecule is NCc1ccccc1CNc1cc(=O)[nH]cn1. The fourth-order valence-corrected chi connectivity index (χ4v) is 1.58. The van der Waals surface area contributed by atoms with Crippen LogP contribution in [0.4, 0.5) is 5.82 Å². The maximum Gasteiger partial charge on any atom is 0.252 e. The lowest BCUT2D eigenvalue weighted by atomic mass is 10.1. The molecule has 17 heavy (non-hydrogen) atoms. The second-order valence-corrected chi connectivity index (χ2v) is 3.62. The standard InChI is InChI=1S/C12H14N4O/c13-6-9-3-1-2-4-10(9)7-14-11-5-12(17)16-8-15-11/h1-5,8H,6-7,13H2,(H2,14,15,16,17). The van der Waals surface area contributed by atoms with Gasteiger partial charge in [-0.25, -0.2) is 4.98 Å². The molecule has 0 aliphatic heterocycles. The van der Waals surface area contributed by atoms with Gasteiger partial charge < -0.3 is 16.0 Å². The number of hydrogen-bond acceptors (Lipinski definition) is 4. The van der Waals surface area contributed by atoms with Gasteiger partial charge in [0, 0.05) is 19.2 Å². The van der Waals surface area contributed by atoms with Gasteiger partial charge in [0.1, 0.15) is 5.82 Å². The van der Waals surface area contributed by atoms with Crippen molar-refractivity contribution < 1.29 is 0 Å². The highest BCUT2D eigenvalue weighted by molar-refractivity contribution is 5.35. The van der Waals surface area contributed by atoms with Crippen LogP contribution >= 0.6 is 0 Å². The van der Waals surface area contributed by atoms with Gasteiger partial charge >= 0.3 is 0 Å². The predicted molar refractivity (Wildman–Crippen MR) is 66.5 cm³/mol. The van der Waals surface area contributed by atoms with Crippen molar-refractivity contribution in [3.63, 3.8) is 0 Å². The lowest BCUT2D eigenvalue weighted by Gasteiger charge is -2.08. The third-order valence-electron chi connectivity index (χ3n) is 2.48.